The molecule has 90 valence electrons. The highest BCUT2D eigenvalue weighted by atomic mass is 16.5. The largest absolute Gasteiger partial charge is 0.483 e. The van der Waals surface area contributed by atoms with Crippen molar-refractivity contribution in [3.8, 4) is 11.8 Å². The molecule has 0 radical (unpaired) electrons. The van der Waals surface area contributed by atoms with Crippen LogP contribution in [0.3, 0.4) is 0 Å². The second kappa shape index (κ2) is 6.51. The predicted octanol–water partition coefficient (Wildman–Crippen LogP) is 0.758. The number of amides is 1. The summed E-state index contributed by atoms with van der Waals surface area (Å²) in [5.74, 6) is 0.0987. The molecular weight excluding hydrogens is 220 g/mol. The van der Waals surface area contributed by atoms with Gasteiger partial charge in [0.2, 0.25) is 0 Å². The lowest BCUT2D eigenvalue weighted by Gasteiger charge is -2.12. The Morgan fingerprint density at radius 1 is 1.59 bits per heavy atom. The number of nitriles is 1. The molecule has 0 fully saturated rings. The number of nitrogens with one attached hydrogen (secondary N) is 1. The minimum absolute atomic E-state index is 0.0414. The maximum Gasteiger partial charge on any atom is 0.258 e. The number of para-hydroxylation sites is 1. The Kier molecular flexibility index (Phi) is 4.98. The highest BCUT2D eigenvalue weighted by molar-refractivity contribution is 5.77. The summed E-state index contributed by atoms with van der Waals surface area (Å²) in [6.45, 7) is 1.41. The fourth-order valence-corrected chi connectivity index (χ4v) is 1.29. The Balaban J connectivity index is 2.57. The van der Waals surface area contributed by atoms with E-state index in [1.807, 2.05) is 0 Å². The van der Waals surface area contributed by atoms with Crippen LogP contribution in [-0.4, -0.2) is 24.2 Å². The average molecular weight is 234 g/mol. The number of aliphatic hydroxyl groups excluding tert-OH is 1. The van der Waals surface area contributed by atoms with Gasteiger partial charge in [-0.15, -0.1) is 0 Å². The third kappa shape index (κ3) is 4.13. The van der Waals surface area contributed by atoms with Gasteiger partial charge >= 0.3 is 0 Å². The lowest BCUT2D eigenvalue weighted by molar-refractivity contribution is -0.122. The number of rotatable bonds is 5. The summed E-state index contributed by atoms with van der Waals surface area (Å²) in [6.07, 6.45) is -0.659. The first kappa shape index (κ1) is 13.0. The summed E-state index contributed by atoms with van der Waals surface area (Å²) >= 11 is 0. The summed E-state index contributed by atoms with van der Waals surface area (Å²) in [7, 11) is 0. The summed E-state index contributed by atoms with van der Waals surface area (Å²) in [6, 6.07) is 8.75. The van der Waals surface area contributed by atoms with E-state index in [0.29, 0.717) is 11.3 Å². The molecule has 0 saturated heterocycles. The molecule has 0 heterocycles. The second-order valence-electron chi connectivity index (χ2n) is 3.44. The van der Waals surface area contributed by atoms with Crippen molar-refractivity contribution in [2.45, 2.75) is 13.0 Å². The maximum absolute atomic E-state index is 11.2. The number of ether oxygens (including phenoxy) is 1. The summed E-state index contributed by atoms with van der Waals surface area (Å²) < 4.78 is 5.28. The van der Waals surface area contributed by atoms with E-state index in [-0.39, 0.29) is 19.1 Å². The molecule has 0 bridgehead atoms. The lowest BCUT2D eigenvalue weighted by atomic mass is 10.1. The third-order valence-corrected chi connectivity index (χ3v) is 2.09. The average Bonchev–Trinajstić information content (AvgIpc) is 2.34. The molecule has 17 heavy (non-hydrogen) atoms. The van der Waals surface area contributed by atoms with Crippen LogP contribution in [0.25, 0.3) is 0 Å². The van der Waals surface area contributed by atoms with Crippen molar-refractivity contribution in [1.82, 2.24) is 5.32 Å². The number of nitrogens with zero attached hydrogens (tertiary/aromatic N) is 1. The third-order valence-electron chi connectivity index (χ3n) is 2.09. The molecule has 2 N–H and O–H groups in total. The fraction of sp³-hybridized carbons (Fsp3) is 0.333. The van der Waals surface area contributed by atoms with E-state index in [1.165, 1.54) is 0 Å². The van der Waals surface area contributed by atoms with Crippen LogP contribution in [0.2, 0.25) is 0 Å². The molecule has 0 aromatic heterocycles. The zero-order valence-electron chi connectivity index (χ0n) is 9.51. The molecule has 5 heteroatoms. The monoisotopic (exact) mass is 234 g/mol. The predicted molar refractivity (Wildman–Crippen MR) is 61.2 cm³/mol. The molecule has 0 saturated carbocycles. The van der Waals surface area contributed by atoms with Crippen molar-refractivity contribution in [1.29, 1.82) is 5.26 Å². The minimum Gasteiger partial charge on any atom is -0.483 e. The fourth-order valence-electron chi connectivity index (χ4n) is 1.29. The first-order valence-corrected chi connectivity index (χ1v) is 5.18. The number of hydrogen-bond donors (Lipinski definition) is 2. The van der Waals surface area contributed by atoms with Crippen LogP contribution in [0.4, 0.5) is 0 Å². The van der Waals surface area contributed by atoms with Crippen LogP contribution in [0.1, 0.15) is 18.6 Å². The van der Waals surface area contributed by atoms with Gasteiger partial charge in [0.25, 0.3) is 5.91 Å². The van der Waals surface area contributed by atoms with Gasteiger partial charge in [-0.05, 0) is 13.0 Å². The number of hydrogen-bond acceptors (Lipinski definition) is 4. The molecule has 1 rings (SSSR count). The molecule has 0 aliphatic rings. The highest BCUT2D eigenvalue weighted by Gasteiger charge is 2.09. The summed E-state index contributed by atoms with van der Waals surface area (Å²) in [5, 5.41) is 20.1. The van der Waals surface area contributed by atoms with Crippen molar-refractivity contribution in [2.24, 2.45) is 0 Å². The Bertz CT molecular complexity index is 424. The lowest BCUT2D eigenvalue weighted by Crippen LogP contribution is -2.29. The zero-order chi connectivity index (χ0) is 12.7. The number of aliphatic hydroxyl groups is 1. The van der Waals surface area contributed by atoms with Crippen LogP contribution in [0, 0.1) is 11.3 Å². The van der Waals surface area contributed by atoms with Gasteiger partial charge in [0.1, 0.15) is 12.3 Å². The van der Waals surface area contributed by atoms with E-state index in [9.17, 15) is 9.90 Å². The van der Waals surface area contributed by atoms with Gasteiger partial charge in [-0.1, -0.05) is 18.2 Å². The molecule has 1 amide bonds. The SMILES string of the molecule is CC(O)c1ccccc1OCC(=O)NCC#N. The van der Waals surface area contributed by atoms with Gasteiger partial charge < -0.3 is 15.2 Å². The van der Waals surface area contributed by atoms with Gasteiger partial charge in [0, 0.05) is 5.56 Å². The van der Waals surface area contributed by atoms with Crippen molar-refractivity contribution < 1.29 is 14.6 Å². The standard InChI is InChI=1S/C12H14N2O3/c1-9(15)10-4-2-3-5-11(10)17-8-12(16)14-7-6-13/h2-5,9,15H,7-8H2,1H3,(H,14,16). The first-order valence-electron chi connectivity index (χ1n) is 5.18. The van der Waals surface area contributed by atoms with Crippen molar-refractivity contribution in [3.63, 3.8) is 0 Å². The van der Waals surface area contributed by atoms with E-state index in [2.05, 4.69) is 5.32 Å². The number of carbonyl (C=O) groups excluding carboxylic acids is 1. The number of benzene rings is 1. The van der Waals surface area contributed by atoms with E-state index < -0.39 is 6.10 Å². The van der Waals surface area contributed by atoms with E-state index in [4.69, 9.17) is 10.00 Å². The molecule has 5 nitrogen and oxygen atoms in total. The molecule has 1 unspecified atom stereocenters. The highest BCUT2D eigenvalue weighted by Crippen LogP contribution is 2.24. The second-order valence-corrected chi connectivity index (χ2v) is 3.44. The molecule has 1 atom stereocenters. The Hall–Kier alpha value is -2.06. The van der Waals surface area contributed by atoms with Gasteiger partial charge in [0.15, 0.2) is 6.61 Å². The smallest absolute Gasteiger partial charge is 0.258 e. The van der Waals surface area contributed by atoms with Gasteiger partial charge in [-0.2, -0.15) is 5.26 Å². The van der Waals surface area contributed by atoms with Crippen molar-refractivity contribution in [2.75, 3.05) is 13.2 Å². The van der Waals surface area contributed by atoms with Gasteiger partial charge in [0.05, 0.1) is 12.2 Å². The van der Waals surface area contributed by atoms with Crippen LogP contribution in [0.5, 0.6) is 5.75 Å². The molecule has 0 aliphatic heterocycles. The van der Waals surface area contributed by atoms with Crippen molar-refractivity contribution >= 4 is 5.91 Å². The van der Waals surface area contributed by atoms with E-state index in [1.54, 1.807) is 37.3 Å². The quantitative estimate of drug-likeness (QED) is 0.737. The van der Waals surface area contributed by atoms with Crippen LogP contribution < -0.4 is 10.1 Å². The minimum atomic E-state index is -0.659. The van der Waals surface area contributed by atoms with E-state index in [0.717, 1.165) is 0 Å². The summed E-state index contributed by atoms with van der Waals surface area (Å²) in [4.78, 5) is 11.2. The van der Waals surface area contributed by atoms with E-state index >= 15 is 0 Å². The van der Waals surface area contributed by atoms with Crippen LogP contribution in [0.15, 0.2) is 24.3 Å². The topological polar surface area (TPSA) is 82.3 Å². The summed E-state index contributed by atoms with van der Waals surface area (Å²) in [5.41, 5.74) is 0.626. The Morgan fingerprint density at radius 2 is 2.29 bits per heavy atom. The molecule has 0 spiro atoms. The zero-order valence-corrected chi connectivity index (χ0v) is 9.51. The first-order chi connectivity index (χ1) is 8.15. The maximum atomic E-state index is 11.2. The van der Waals surface area contributed by atoms with Gasteiger partial charge in [-0.3, -0.25) is 4.79 Å². The number of carbonyl (C=O) groups is 1. The molecule has 0 aliphatic carbocycles. The molecular formula is C12H14N2O3. The molecule has 1 aromatic rings. The normalized spacial score (nSPS) is 11.4. The van der Waals surface area contributed by atoms with Crippen molar-refractivity contribution in [3.05, 3.63) is 29.8 Å². The molecule has 1 aromatic carbocycles. The van der Waals surface area contributed by atoms with Crippen LogP contribution in [-0.2, 0) is 4.79 Å². The van der Waals surface area contributed by atoms with Crippen LogP contribution >= 0.6 is 0 Å². The van der Waals surface area contributed by atoms with Gasteiger partial charge in [-0.25, -0.2) is 0 Å². The Morgan fingerprint density at radius 3 is 2.94 bits per heavy atom. The Labute approximate surface area is 99.6 Å².